The number of hydrogen-bond donors (Lipinski definition) is 0. The fraction of sp³-hybridized carbons (Fsp3) is 0.524. The van der Waals surface area contributed by atoms with Gasteiger partial charge in [0, 0.05) is 24.6 Å². The van der Waals surface area contributed by atoms with Crippen LogP contribution in [0.25, 0.3) is 11.4 Å². The number of carbonyl (C=O) groups excluding carboxylic acids is 2. The molecule has 0 spiro atoms. The highest BCUT2D eigenvalue weighted by atomic mass is 19.3. The highest BCUT2D eigenvalue weighted by Crippen LogP contribution is 2.37. The van der Waals surface area contributed by atoms with Crippen molar-refractivity contribution in [3.05, 3.63) is 29.7 Å². The van der Waals surface area contributed by atoms with Crippen LogP contribution in [0.2, 0.25) is 0 Å². The maximum absolute atomic E-state index is 15.0. The second-order valence-electron chi connectivity index (χ2n) is 8.70. The topological polar surface area (TPSA) is 79.5 Å². The van der Waals surface area contributed by atoms with Gasteiger partial charge in [0.2, 0.25) is 23.8 Å². The van der Waals surface area contributed by atoms with Crippen LogP contribution in [-0.2, 0) is 9.59 Å². The molecule has 2 saturated heterocycles. The molecular formula is C21H21F5N4O3. The molecule has 1 unspecified atom stereocenters. The van der Waals surface area contributed by atoms with Gasteiger partial charge in [0.05, 0.1) is 11.3 Å². The Labute approximate surface area is 185 Å². The summed E-state index contributed by atoms with van der Waals surface area (Å²) in [4.78, 5) is 31.7. The van der Waals surface area contributed by atoms with E-state index >= 15 is 4.39 Å². The van der Waals surface area contributed by atoms with E-state index in [1.54, 1.807) is 4.90 Å². The average molecular weight is 472 g/mol. The van der Waals surface area contributed by atoms with E-state index in [0.29, 0.717) is 18.7 Å². The van der Waals surface area contributed by atoms with Crippen LogP contribution >= 0.6 is 0 Å². The Balaban J connectivity index is 1.66. The molecular weight excluding hydrogens is 451 g/mol. The molecule has 2 atom stereocenters. The maximum Gasteiger partial charge on any atom is 0.278 e. The summed E-state index contributed by atoms with van der Waals surface area (Å²) in [6, 6.07) is 0.381. The number of hydrogen-bond acceptors (Lipinski definition) is 5. The van der Waals surface area contributed by atoms with Crippen molar-refractivity contribution in [3.63, 3.8) is 0 Å². The number of rotatable bonds is 5. The van der Waals surface area contributed by atoms with Crippen LogP contribution in [0.1, 0.15) is 51.6 Å². The molecule has 0 aliphatic carbocycles. The highest BCUT2D eigenvalue weighted by Gasteiger charge is 2.45. The maximum atomic E-state index is 15.0. The molecule has 0 radical (unpaired) electrons. The van der Waals surface area contributed by atoms with Crippen molar-refractivity contribution in [2.24, 2.45) is 0 Å². The lowest BCUT2D eigenvalue weighted by atomic mass is 10.0. The van der Waals surface area contributed by atoms with Gasteiger partial charge in [-0.3, -0.25) is 14.5 Å². The van der Waals surface area contributed by atoms with E-state index < -0.39 is 64.7 Å². The molecule has 0 N–H and O–H groups in total. The fourth-order valence-corrected chi connectivity index (χ4v) is 4.37. The van der Waals surface area contributed by atoms with E-state index in [-0.39, 0.29) is 18.7 Å². The number of alkyl halides is 3. The van der Waals surface area contributed by atoms with Crippen molar-refractivity contribution in [1.82, 2.24) is 15.0 Å². The molecule has 0 saturated carbocycles. The van der Waals surface area contributed by atoms with Gasteiger partial charge in [0.15, 0.2) is 0 Å². The number of likely N-dealkylation sites (tertiary alicyclic amines) is 1. The zero-order valence-electron chi connectivity index (χ0n) is 17.8. The van der Waals surface area contributed by atoms with Crippen molar-refractivity contribution in [2.75, 3.05) is 11.4 Å². The summed E-state index contributed by atoms with van der Waals surface area (Å²) in [5, 5.41) is 3.24. The summed E-state index contributed by atoms with van der Waals surface area (Å²) in [6.45, 7) is 4.32. The van der Waals surface area contributed by atoms with Gasteiger partial charge in [-0.15, -0.1) is 0 Å². The van der Waals surface area contributed by atoms with E-state index in [1.807, 2.05) is 13.8 Å². The van der Waals surface area contributed by atoms with E-state index in [2.05, 4.69) is 14.7 Å². The van der Waals surface area contributed by atoms with E-state index in [9.17, 15) is 27.2 Å². The predicted octanol–water partition coefficient (Wildman–Crippen LogP) is 4.19. The van der Waals surface area contributed by atoms with Gasteiger partial charge in [0.25, 0.3) is 12.3 Å². The first-order valence-electron chi connectivity index (χ1n) is 10.4. The van der Waals surface area contributed by atoms with Gasteiger partial charge >= 0.3 is 0 Å². The Morgan fingerprint density at radius 1 is 1.21 bits per heavy atom. The Morgan fingerprint density at radius 2 is 1.94 bits per heavy atom. The third-order valence-electron chi connectivity index (χ3n) is 6.10. The molecule has 2 aliphatic heterocycles. The van der Waals surface area contributed by atoms with Crippen molar-refractivity contribution in [1.29, 1.82) is 0 Å². The quantitative estimate of drug-likeness (QED) is 0.610. The SMILES string of the molecule is CC1(C)CCCN1C(=O)[C@@H]1CCC(=O)N1c1cc(F)c(-c2noc(C(F)C(F)F)n2)cc1F. The smallest absolute Gasteiger partial charge is 0.278 e. The molecule has 178 valence electrons. The molecule has 2 aliphatic rings. The van der Waals surface area contributed by atoms with Gasteiger partial charge < -0.3 is 9.42 Å². The predicted molar refractivity (Wildman–Crippen MR) is 105 cm³/mol. The normalized spacial score (nSPS) is 21.3. The van der Waals surface area contributed by atoms with Crippen molar-refractivity contribution < 1.29 is 36.1 Å². The lowest BCUT2D eigenvalue weighted by Gasteiger charge is -2.36. The summed E-state index contributed by atoms with van der Waals surface area (Å²) in [5.74, 6) is -4.73. The lowest BCUT2D eigenvalue weighted by Crippen LogP contribution is -2.52. The molecule has 2 fully saturated rings. The van der Waals surface area contributed by atoms with Crippen molar-refractivity contribution in [3.8, 4) is 11.4 Å². The second-order valence-corrected chi connectivity index (χ2v) is 8.70. The Morgan fingerprint density at radius 3 is 2.58 bits per heavy atom. The number of amides is 2. The van der Waals surface area contributed by atoms with Crippen LogP contribution in [0.3, 0.4) is 0 Å². The van der Waals surface area contributed by atoms with Gasteiger partial charge in [-0.1, -0.05) is 5.16 Å². The first-order valence-corrected chi connectivity index (χ1v) is 10.4. The van der Waals surface area contributed by atoms with Crippen LogP contribution in [0.4, 0.5) is 27.6 Å². The standard InChI is InChI=1S/C21H21F5N4O3/c1-21(2)6-3-7-29(21)20(32)13-4-5-15(31)30(13)14-9-11(22)10(8-12(14)23)18-27-19(33-28-18)16(24)17(25)26/h8-9,13,16-17H,3-7H2,1-2H3/t13-,16?/m0/s1. The van der Waals surface area contributed by atoms with Gasteiger partial charge in [0.1, 0.15) is 17.7 Å². The third-order valence-corrected chi connectivity index (χ3v) is 6.10. The first kappa shape index (κ1) is 23.1. The Kier molecular flexibility index (Phi) is 5.87. The zero-order valence-corrected chi connectivity index (χ0v) is 17.8. The molecule has 7 nitrogen and oxygen atoms in total. The van der Waals surface area contributed by atoms with Gasteiger partial charge in [-0.25, -0.2) is 22.0 Å². The molecule has 0 bridgehead atoms. The summed E-state index contributed by atoms with van der Waals surface area (Å²) >= 11 is 0. The zero-order chi connectivity index (χ0) is 24.1. The number of aromatic nitrogens is 2. The molecule has 2 amide bonds. The first-order chi connectivity index (χ1) is 15.5. The average Bonchev–Trinajstić information content (AvgIpc) is 3.46. The summed E-state index contributed by atoms with van der Waals surface area (Å²) in [7, 11) is 0. The van der Waals surface area contributed by atoms with Crippen molar-refractivity contribution >= 4 is 17.5 Å². The molecule has 2 aromatic rings. The van der Waals surface area contributed by atoms with Crippen LogP contribution in [0.5, 0.6) is 0 Å². The number of nitrogens with zero attached hydrogens (tertiary/aromatic N) is 4. The van der Waals surface area contributed by atoms with Gasteiger partial charge in [-0.2, -0.15) is 4.98 Å². The Hall–Kier alpha value is -3.05. The van der Waals surface area contributed by atoms with E-state index in [1.165, 1.54) is 0 Å². The molecule has 12 heteroatoms. The molecule has 4 rings (SSSR count). The molecule has 1 aromatic carbocycles. The minimum atomic E-state index is -3.43. The van der Waals surface area contributed by atoms with Crippen LogP contribution < -0.4 is 4.90 Å². The number of carbonyl (C=O) groups is 2. The summed E-state index contributed by atoms with van der Waals surface area (Å²) in [5.41, 5.74) is -1.41. The van der Waals surface area contributed by atoms with Crippen molar-refractivity contribution in [2.45, 2.75) is 63.7 Å². The fourth-order valence-electron chi connectivity index (χ4n) is 4.37. The van der Waals surface area contributed by atoms with Crippen LogP contribution in [0, 0.1) is 11.6 Å². The van der Waals surface area contributed by atoms with Crippen LogP contribution in [-0.4, -0.2) is 51.4 Å². The number of benzene rings is 1. The monoisotopic (exact) mass is 472 g/mol. The second kappa shape index (κ2) is 8.38. The molecule has 33 heavy (non-hydrogen) atoms. The largest absolute Gasteiger partial charge is 0.336 e. The van der Waals surface area contributed by atoms with E-state index in [0.717, 1.165) is 17.7 Å². The van der Waals surface area contributed by atoms with E-state index in [4.69, 9.17) is 0 Å². The number of anilines is 1. The summed E-state index contributed by atoms with van der Waals surface area (Å²) in [6.07, 6.45) is -4.56. The third kappa shape index (κ3) is 4.06. The minimum absolute atomic E-state index is 0.00674. The van der Waals surface area contributed by atoms with Gasteiger partial charge in [-0.05, 0) is 39.2 Å². The summed E-state index contributed by atoms with van der Waals surface area (Å²) < 4.78 is 72.6. The Bertz CT molecular complexity index is 1090. The highest BCUT2D eigenvalue weighted by molar-refractivity contribution is 6.04. The number of halogens is 5. The van der Waals surface area contributed by atoms with Crippen LogP contribution in [0.15, 0.2) is 16.7 Å². The minimum Gasteiger partial charge on any atom is -0.336 e. The lowest BCUT2D eigenvalue weighted by molar-refractivity contribution is -0.136. The molecule has 1 aromatic heterocycles. The molecule has 3 heterocycles.